The number of hydrogen-bond donors (Lipinski definition) is 1. The lowest BCUT2D eigenvalue weighted by molar-refractivity contribution is 0.361. The molecule has 18 heavy (non-hydrogen) atoms. The SMILES string of the molecule is C(=Cc1ccc[nH]1)c1ccccc1.C1=NCCO1. The number of hydrogen-bond acceptors (Lipinski definition) is 2. The molecular formula is C15H16N2O. The van der Waals surface area contributed by atoms with E-state index in [2.05, 4.69) is 39.0 Å². The van der Waals surface area contributed by atoms with Crippen LogP contribution in [0.4, 0.5) is 0 Å². The van der Waals surface area contributed by atoms with Crippen LogP contribution in [0, 0.1) is 0 Å². The van der Waals surface area contributed by atoms with Crippen LogP contribution in [0.25, 0.3) is 12.2 Å². The molecule has 0 radical (unpaired) electrons. The summed E-state index contributed by atoms with van der Waals surface area (Å²) in [4.78, 5) is 6.86. The lowest BCUT2D eigenvalue weighted by Gasteiger charge is -1.89. The van der Waals surface area contributed by atoms with Gasteiger partial charge in [-0.2, -0.15) is 0 Å². The van der Waals surface area contributed by atoms with E-state index < -0.39 is 0 Å². The molecule has 3 heteroatoms. The van der Waals surface area contributed by atoms with Gasteiger partial charge in [0.25, 0.3) is 0 Å². The van der Waals surface area contributed by atoms with E-state index in [9.17, 15) is 0 Å². The van der Waals surface area contributed by atoms with Crippen molar-refractivity contribution in [3.8, 4) is 0 Å². The van der Waals surface area contributed by atoms with E-state index in [1.54, 1.807) is 0 Å². The zero-order valence-corrected chi connectivity index (χ0v) is 10.1. The molecule has 0 atom stereocenters. The van der Waals surface area contributed by atoms with Crippen LogP contribution in [0.15, 0.2) is 53.7 Å². The Hall–Kier alpha value is -2.29. The molecule has 3 nitrogen and oxygen atoms in total. The summed E-state index contributed by atoms with van der Waals surface area (Å²) < 4.78 is 4.65. The fourth-order valence-corrected chi connectivity index (χ4v) is 1.46. The maximum Gasteiger partial charge on any atom is 0.169 e. The third-order valence-corrected chi connectivity index (χ3v) is 2.36. The zero-order chi connectivity index (χ0) is 12.5. The van der Waals surface area contributed by atoms with E-state index >= 15 is 0 Å². The number of H-pyrrole nitrogens is 1. The highest BCUT2D eigenvalue weighted by atomic mass is 16.5. The molecule has 1 aliphatic heterocycles. The molecule has 0 bridgehead atoms. The summed E-state index contributed by atoms with van der Waals surface area (Å²) in [6, 6.07) is 14.3. The van der Waals surface area contributed by atoms with Crippen molar-refractivity contribution in [1.29, 1.82) is 0 Å². The van der Waals surface area contributed by atoms with Crippen LogP contribution in [-0.2, 0) is 4.74 Å². The van der Waals surface area contributed by atoms with Gasteiger partial charge in [-0.3, -0.25) is 4.99 Å². The molecule has 3 rings (SSSR count). The molecule has 2 heterocycles. The monoisotopic (exact) mass is 240 g/mol. The van der Waals surface area contributed by atoms with Crippen molar-refractivity contribution in [2.24, 2.45) is 4.99 Å². The Morgan fingerprint density at radius 2 is 1.94 bits per heavy atom. The molecule has 1 N–H and O–H groups in total. The third-order valence-electron chi connectivity index (χ3n) is 2.36. The summed E-state index contributed by atoms with van der Waals surface area (Å²) in [5.41, 5.74) is 2.35. The highest BCUT2D eigenvalue weighted by molar-refractivity contribution is 5.67. The average molecular weight is 240 g/mol. The van der Waals surface area contributed by atoms with Crippen molar-refractivity contribution in [3.05, 3.63) is 59.9 Å². The molecule has 92 valence electrons. The van der Waals surface area contributed by atoms with Gasteiger partial charge in [0.15, 0.2) is 6.40 Å². The minimum absolute atomic E-state index is 0.778. The number of nitrogens with one attached hydrogen (secondary N) is 1. The van der Waals surface area contributed by atoms with Crippen molar-refractivity contribution in [1.82, 2.24) is 4.98 Å². The maximum atomic E-state index is 4.65. The van der Waals surface area contributed by atoms with E-state index in [0.29, 0.717) is 0 Å². The highest BCUT2D eigenvalue weighted by Crippen LogP contribution is 2.05. The predicted molar refractivity (Wildman–Crippen MR) is 75.5 cm³/mol. The smallest absolute Gasteiger partial charge is 0.169 e. The van der Waals surface area contributed by atoms with Gasteiger partial charge in [-0.05, 0) is 23.8 Å². The molecule has 0 spiro atoms. The second kappa shape index (κ2) is 7.12. The standard InChI is InChI=1S/C12H11N.C3H5NO/c1-2-5-11(6-3-1)8-9-12-7-4-10-13-12;1-2-5-3-4-1/h1-10,13H;3H,1-2H2. The average Bonchev–Trinajstić information content (AvgIpc) is 3.13. The third kappa shape index (κ3) is 4.29. The van der Waals surface area contributed by atoms with Crippen molar-refractivity contribution in [3.63, 3.8) is 0 Å². The molecule has 0 amide bonds. The van der Waals surface area contributed by atoms with E-state index in [1.807, 2.05) is 36.5 Å². The highest BCUT2D eigenvalue weighted by Gasteiger charge is 1.85. The molecule has 0 unspecified atom stereocenters. The van der Waals surface area contributed by atoms with Gasteiger partial charge < -0.3 is 9.72 Å². The molecule has 0 saturated heterocycles. The summed E-state index contributed by atoms with van der Waals surface area (Å²) in [5, 5.41) is 0. The molecule has 1 aliphatic rings. The normalized spacial score (nSPS) is 13.1. The minimum atomic E-state index is 0.778. The van der Waals surface area contributed by atoms with Crippen LogP contribution in [0.5, 0.6) is 0 Å². The van der Waals surface area contributed by atoms with Gasteiger partial charge in [0.1, 0.15) is 6.61 Å². The Balaban J connectivity index is 0.000000202. The first kappa shape index (κ1) is 12.2. The van der Waals surface area contributed by atoms with Gasteiger partial charge in [-0.25, -0.2) is 0 Å². The Labute approximate surface area is 107 Å². The molecule has 1 aromatic heterocycles. The van der Waals surface area contributed by atoms with Crippen molar-refractivity contribution < 1.29 is 4.74 Å². The van der Waals surface area contributed by atoms with Gasteiger partial charge in [0.2, 0.25) is 0 Å². The van der Waals surface area contributed by atoms with Crippen molar-refractivity contribution in [2.75, 3.05) is 13.2 Å². The van der Waals surface area contributed by atoms with Gasteiger partial charge in [0, 0.05) is 11.9 Å². The van der Waals surface area contributed by atoms with Crippen LogP contribution in [0.2, 0.25) is 0 Å². The number of aromatic nitrogens is 1. The van der Waals surface area contributed by atoms with Crippen LogP contribution >= 0.6 is 0 Å². The lowest BCUT2D eigenvalue weighted by Crippen LogP contribution is -1.80. The molecule has 0 fully saturated rings. The molecule has 1 aromatic carbocycles. The Bertz CT molecular complexity index is 480. The Morgan fingerprint density at radius 1 is 1.06 bits per heavy atom. The fraction of sp³-hybridized carbons (Fsp3) is 0.133. The van der Waals surface area contributed by atoms with Crippen LogP contribution in [0.1, 0.15) is 11.3 Å². The summed E-state index contributed by atoms with van der Waals surface area (Å²) >= 11 is 0. The molecule has 2 aromatic rings. The summed E-state index contributed by atoms with van der Waals surface area (Å²) in [7, 11) is 0. The Kier molecular flexibility index (Phi) is 4.81. The van der Waals surface area contributed by atoms with E-state index in [1.165, 1.54) is 12.0 Å². The van der Waals surface area contributed by atoms with Crippen molar-refractivity contribution in [2.45, 2.75) is 0 Å². The minimum Gasteiger partial charge on any atom is -0.482 e. The van der Waals surface area contributed by atoms with Crippen LogP contribution in [-0.4, -0.2) is 24.5 Å². The number of aliphatic imine (C=N–C) groups is 1. The van der Waals surface area contributed by atoms with E-state index in [-0.39, 0.29) is 0 Å². The lowest BCUT2D eigenvalue weighted by atomic mass is 10.2. The fourth-order valence-electron chi connectivity index (χ4n) is 1.46. The number of aromatic amines is 1. The second-order valence-electron chi connectivity index (χ2n) is 3.75. The van der Waals surface area contributed by atoms with E-state index in [0.717, 1.165) is 18.8 Å². The number of ether oxygens (including phenoxy) is 1. The maximum absolute atomic E-state index is 4.65. The summed E-state index contributed by atoms with van der Waals surface area (Å²) in [5.74, 6) is 0. The van der Waals surface area contributed by atoms with Gasteiger partial charge in [-0.15, -0.1) is 0 Å². The van der Waals surface area contributed by atoms with Gasteiger partial charge in [-0.1, -0.05) is 36.4 Å². The summed E-state index contributed by atoms with van der Waals surface area (Å²) in [6.07, 6.45) is 7.56. The molecule has 0 saturated carbocycles. The quantitative estimate of drug-likeness (QED) is 0.859. The predicted octanol–water partition coefficient (Wildman–Crippen LogP) is 3.23. The van der Waals surface area contributed by atoms with E-state index in [4.69, 9.17) is 0 Å². The Morgan fingerprint density at radius 3 is 2.50 bits per heavy atom. The van der Waals surface area contributed by atoms with Crippen LogP contribution in [0.3, 0.4) is 0 Å². The first-order valence-electron chi connectivity index (χ1n) is 5.91. The van der Waals surface area contributed by atoms with Crippen molar-refractivity contribution >= 4 is 18.6 Å². The van der Waals surface area contributed by atoms with Gasteiger partial charge >= 0.3 is 0 Å². The van der Waals surface area contributed by atoms with Crippen LogP contribution < -0.4 is 0 Å². The first-order valence-corrected chi connectivity index (χ1v) is 5.91. The summed E-state index contributed by atoms with van der Waals surface area (Å²) in [6.45, 7) is 1.62. The van der Waals surface area contributed by atoms with Gasteiger partial charge in [0.05, 0.1) is 6.54 Å². The largest absolute Gasteiger partial charge is 0.482 e. The topological polar surface area (TPSA) is 37.4 Å². The zero-order valence-electron chi connectivity index (χ0n) is 10.1. The molecular weight excluding hydrogens is 224 g/mol. The first-order chi connectivity index (χ1) is 8.95. The number of rotatable bonds is 2. The molecule has 0 aliphatic carbocycles. The number of benzene rings is 1. The second-order valence-corrected chi connectivity index (χ2v) is 3.75. The number of nitrogens with zero attached hydrogens (tertiary/aromatic N) is 1.